The molecule has 0 radical (unpaired) electrons. The van der Waals surface area contributed by atoms with Crippen molar-refractivity contribution in [2.45, 2.75) is 24.9 Å². The van der Waals surface area contributed by atoms with Crippen LogP contribution in [-0.2, 0) is 4.79 Å². The number of imide groups is 1. The zero-order valence-corrected chi connectivity index (χ0v) is 18.9. The van der Waals surface area contributed by atoms with Crippen molar-refractivity contribution in [2.75, 3.05) is 38.7 Å². The Bertz CT molecular complexity index is 1060. The van der Waals surface area contributed by atoms with Gasteiger partial charge < -0.3 is 14.5 Å². The van der Waals surface area contributed by atoms with Crippen LogP contribution in [0.5, 0.6) is 5.75 Å². The Morgan fingerprint density at radius 3 is 2.61 bits per heavy atom. The van der Waals surface area contributed by atoms with E-state index in [0.29, 0.717) is 0 Å². The van der Waals surface area contributed by atoms with Gasteiger partial charge in [-0.15, -0.1) is 0 Å². The molecule has 3 aliphatic rings. The molecule has 0 spiro atoms. The van der Waals surface area contributed by atoms with Crippen LogP contribution in [0.25, 0.3) is 6.08 Å². The molecule has 5 rings (SSSR count). The summed E-state index contributed by atoms with van der Waals surface area (Å²) in [5.41, 5.74) is 2.01. The topological polar surface area (TPSA) is 68.4 Å². The van der Waals surface area contributed by atoms with Gasteiger partial charge in [-0.05, 0) is 24.1 Å². The zero-order chi connectivity index (χ0) is 22.9. The number of anilines is 1. The number of benzene rings is 2. The van der Waals surface area contributed by atoms with Crippen LogP contribution in [0, 0.1) is 0 Å². The summed E-state index contributed by atoms with van der Waals surface area (Å²) in [5.74, 6) is 0.636. The molecule has 3 atom stereocenters. The molecule has 3 unspecified atom stereocenters. The molecule has 3 aliphatic heterocycles. The van der Waals surface area contributed by atoms with E-state index < -0.39 is 6.04 Å². The third-order valence-corrected chi connectivity index (χ3v) is 6.66. The highest BCUT2D eigenvalue weighted by Crippen LogP contribution is 2.36. The number of methoxy groups -OCH3 is 1. The summed E-state index contributed by atoms with van der Waals surface area (Å²) in [6, 6.07) is 17.1. The highest BCUT2D eigenvalue weighted by Gasteiger charge is 2.56. The molecule has 1 N–H and O–H groups in total. The summed E-state index contributed by atoms with van der Waals surface area (Å²) in [4.78, 5) is 34.0. The van der Waals surface area contributed by atoms with Gasteiger partial charge in [-0.3, -0.25) is 19.9 Å². The van der Waals surface area contributed by atoms with Crippen molar-refractivity contribution in [3.8, 4) is 5.75 Å². The molecule has 3 heterocycles. The summed E-state index contributed by atoms with van der Waals surface area (Å²) in [5, 5.41) is 3.54. The number of nitrogens with one attached hydrogen (secondary N) is 1. The van der Waals surface area contributed by atoms with Crippen LogP contribution in [0.3, 0.4) is 0 Å². The first-order valence-corrected chi connectivity index (χ1v) is 11.3. The SMILES string of the molecule is COc1ccccc1N1CCCN2C3C(=O)N(C/C=C/c4ccccc4)C(=O)N(C)C3NC12. The van der Waals surface area contributed by atoms with Crippen LogP contribution in [0.15, 0.2) is 60.7 Å². The second-order valence-electron chi connectivity index (χ2n) is 8.54. The van der Waals surface area contributed by atoms with E-state index in [1.807, 2.05) is 66.7 Å². The zero-order valence-electron chi connectivity index (χ0n) is 18.9. The number of carbonyl (C=O) groups excluding carboxylic acids is 2. The first kappa shape index (κ1) is 21.5. The number of para-hydroxylation sites is 2. The third kappa shape index (κ3) is 3.75. The monoisotopic (exact) mass is 447 g/mol. The molecule has 2 aromatic carbocycles. The number of ether oxygens (including phenoxy) is 1. The van der Waals surface area contributed by atoms with Crippen LogP contribution in [-0.4, -0.2) is 78.9 Å². The van der Waals surface area contributed by atoms with E-state index in [1.165, 1.54) is 4.90 Å². The lowest BCUT2D eigenvalue weighted by atomic mass is 10.1. The maximum atomic E-state index is 13.5. The molecule has 2 aromatic rings. The second-order valence-corrected chi connectivity index (χ2v) is 8.54. The Kier molecular flexibility index (Phi) is 5.78. The third-order valence-electron chi connectivity index (χ3n) is 6.66. The van der Waals surface area contributed by atoms with Crippen LogP contribution < -0.4 is 15.0 Å². The molecule has 0 bridgehead atoms. The van der Waals surface area contributed by atoms with Crippen LogP contribution in [0.1, 0.15) is 12.0 Å². The minimum absolute atomic E-state index is 0.155. The van der Waals surface area contributed by atoms with E-state index in [4.69, 9.17) is 4.74 Å². The van der Waals surface area contributed by atoms with E-state index in [9.17, 15) is 9.59 Å². The van der Waals surface area contributed by atoms with Crippen molar-refractivity contribution in [3.05, 3.63) is 66.2 Å². The predicted octanol–water partition coefficient (Wildman–Crippen LogP) is 2.40. The van der Waals surface area contributed by atoms with Crippen molar-refractivity contribution >= 4 is 23.7 Å². The lowest BCUT2D eigenvalue weighted by Gasteiger charge is -2.43. The predicted molar refractivity (Wildman–Crippen MR) is 127 cm³/mol. The average molecular weight is 448 g/mol. The maximum absolute atomic E-state index is 13.5. The number of urea groups is 1. The van der Waals surface area contributed by atoms with Gasteiger partial charge in [0.05, 0.1) is 12.8 Å². The second kappa shape index (κ2) is 8.88. The van der Waals surface area contributed by atoms with Crippen LogP contribution in [0.2, 0.25) is 0 Å². The molecular weight excluding hydrogens is 418 g/mol. The van der Waals surface area contributed by atoms with Gasteiger partial charge in [0.15, 0.2) is 0 Å². The van der Waals surface area contributed by atoms with Crippen molar-refractivity contribution in [2.24, 2.45) is 0 Å². The molecule has 0 aliphatic carbocycles. The molecule has 33 heavy (non-hydrogen) atoms. The highest BCUT2D eigenvalue weighted by atomic mass is 16.5. The first-order valence-electron chi connectivity index (χ1n) is 11.3. The molecule has 3 amide bonds. The summed E-state index contributed by atoms with van der Waals surface area (Å²) < 4.78 is 5.59. The fourth-order valence-electron chi connectivity index (χ4n) is 5.06. The van der Waals surface area contributed by atoms with E-state index in [1.54, 1.807) is 19.1 Å². The van der Waals surface area contributed by atoms with Gasteiger partial charge in [-0.2, -0.15) is 0 Å². The maximum Gasteiger partial charge on any atom is 0.328 e. The Morgan fingerprint density at radius 1 is 1.06 bits per heavy atom. The number of rotatable bonds is 5. The normalized spacial score (nSPS) is 25.5. The molecule has 3 saturated heterocycles. The van der Waals surface area contributed by atoms with E-state index in [0.717, 1.165) is 36.5 Å². The number of likely N-dealkylation sites (N-methyl/N-ethyl adjacent to an activating group) is 1. The van der Waals surface area contributed by atoms with Gasteiger partial charge >= 0.3 is 6.03 Å². The number of hydrogen-bond acceptors (Lipinski definition) is 6. The van der Waals surface area contributed by atoms with E-state index >= 15 is 0 Å². The Labute approximate surface area is 194 Å². The van der Waals surface area contributed by atoms with Crippen molar-refractivity contribution < 1.29 is 14.3 Å². The van der Waals surface area contributed by atoms with Crippen molar-refractivity contribution in [1.82, 2.24) is 20.0 Å². The Morgan fingerprint density at radius 2 is 1.82 bits per heavy atom. The average Bonchev–Trinajstić information content (AvgIpc) is 3.25. The summed E-state index contributed by atoms with van der Waals surface area (Å²) >= 11 is 0. The Hall–Kier alpha value is -3.36. The van der Waals surface area contributed by atoms with Crippen LogP contribution in [0.4, 0.5) is 10.5 Å². The molecule has 0 saturated carbocycles. The summed E-state index contributed by atoms with van der Waals surface area (Å²) in [6.07, 6.45) is 4.16. The number of fused-ring (bicyclic) bond motifs is 3. The molecule has 172 valence electrons. The van der Waals surface area contributed by atoms with Gasteiger partial charge in [0, 0.05) is 26.7 Å². The van der Waals surface area contributed by atoms with Gasteiger partial charge in [-0.25, -0.2) is 4.79 Å². The lowest BCUT2D eigenvalue weighted by molar-refractivity contribution is -0.138. The standard InChI is InChI=1S/C25H29N5O3/c1-27-22-21(23(31)30(25(27)32)15-8-12-18-10-4-3-5-11-18)29-17-9-16-28(24(29)26-22)19-13-6-7-14-20(19)33-2/h3-8,10-14,21-22,24,26H,9,15-17H2,1-2H3/b12-8+. The summed E-state index contributed by atoms with van der Waals surface area (Å²) in [6.45, 7) is 1.87. The van der Waals surface area contributed by atoms with E-state index in [2.05, 4.69) is 15.1 Å². The number of carbonyl (C=O) groups is 2. The molecular formula is C25H29N5O3. The van der Waals surface area contributed by atoms with Gasteiger partial charge in [0.2, 0.25) is 0 Å². The minimum atomic E-state index is -0.430. The molecule has 8 nitrogen and oxygen atoms in total. The quantitative estimate of drug-likeness (QED) is 0.759. The lowest BCUT2D eigenvalue weighted by Crippen LogP contribution is -2.66. The van der Waals surface area contributed by atoms with Crippen LogP contribution >= 0.6 is 0 Å². The number of nitrogens with zero attached hydrogens (tertiary/aromatic N) is 4. The van der Waals surface area contributed by atoms with Gasteiger partial charge in [-0.1, -0.05) is 54.6 Å². The van der Waals surface area contributed by atoms with Gasteiger partial charge in [0.1, 0.15) is 24.2 Å². The smallest absolute Gasteiger partial charge is 0.328 e. The highest BCUT2D eigenvalue weighted by molar-refractivity contribution is 6.00. The number of hydrogen-bond donors (Lipinski definition) is 1. The summed E-state index contributed by atoms with van der Waals surface area (Å²) in [7, 11) is 3.43. The fourth-order valence-corrected chi connectivity index (χ4v) is 5.06. The van der Waals surface area contributed by atoms with Crippen molar-refractivity contribution in [3.63, 3.8) is 0 Å². The first-order chi connectivity index (χ1) is 16.1. The number of amides is 3. The molecule has 0 aromatic heterocycles. The van der Waals surface area contributed by atoms with Crippen molar-refractivity contribution in [1.29, 1.82) is 0 Å². The van der Waals surface area contributed by atoms with Gasteiger partial charge in [0.25, 0.3) is 5.91 Å². The fraction of sp³-hybridized carbons (Fsp3) is 0.360. The Balaban J connectivity index is 1.39. The van der Waals surface area contributed by atoms with E-state index in [-0.39, 0.29) is 30.9 Å². The molecule has 3 fully saturated rings. The largest absolute Gasteiger partial charge is 0.495 e. The molecule has 8 heteroatoms. The minimum Gasteiger partial charge on any atom is -0.495 e.